The number of carbonyl (C=O) groups excluding carboxylic acids is 1. The summed E-state index contributed by atoms with van der Waals surface area (Å²) in [7, 11) is -3.85. The Morgan fingerprint density at radius 3 is 2.67 bits per heavy atom. The number of pyridine rings is 1. The second-order valence-corrected chi connectivity index (χ2v) is 11.1. The number of alkyl halides is 3. The van der Waals surface area contributed by atoms with Crippen LogP contribution in [0.1, 0.15) is 26.0 Å². The lowest BCUT2D eigenvalue weighted by Gasteiger charge is -2.16. The van der Waals surface area contributed by atoms with Gasteiger partial charge >= 0.3 is 6.18 Å². The number of carbonyl (C=O) groups is 1. The summed E-state index contributed by atoms with van der Waals surface area (Å²) in [6, 6.07) is 11.0. The van der Waals surface area contributed by atoms with E-state index in [9.17, 15) is 26.4 Å². The first kappa shape index (κ1) is 25.0. The average molecular weight is 513 g/mol. The van der Waals surface area contributed by atoms with E-state index < -0.39 is 26.8 Å². The Morgan fingerprint density at radius 1 is 1.21 bits per heavy atom. The van der Waals surface area contributed by atoms with Gasteiger partial charge < -0.3 is 5.32 Å². The Kier molecular flexibility index (Phi) is 7.98. The van der Waals surface area contributed by atoms with Crippen molar-refractivity contribution >= 4 is 44.5 Å². The van der Waals surface area contributed by atoms with Crippen molar-refractivity contribution < 1.29 is 26.4 Å². The molecule has 0 fully saturated rings. The number of aromatic nitrogens is 1. The van der Waals surface area contributed by atoms with Crippen LogP contribution < -0.4 is 5.32 Å². The van der Waals surface area contributed by atoms with E-state index in [-0.39, 0.29) is 23.0 Å². The predicted octanol–water partition coefficient (Wildman–Crippen LogP) is 5.85. The van der Waals surface area contributed by atoms with Gasteiger partial charge in [0.05, 0.1) is 21.9 Å². The van der Waals surface area contributed by atoms with Gasteiger partial charge in [-0.25, -0.2) is 13.4 Å². The summed E-state index contributed by atoms with van der Waals surface area (Å²) in [5.41, 5.74) is -0.473. The fourth-order valence-electron chi connectivity index (χ4n) is 2.96. The highest BCUT2D eigenvalue weighted by Crippen LogP contribution is 2.33. The Hall–Kier alpha value is -2.63. The number of benzene rings is 1. The number of thioether (sulfide) groups is 1. The van der Waals surface area contributed by atoms with Crippen LogP contribution in [-0.2, 0) is 16.0 Å². The van der Waals surface area contributed by atoms with Gasteiger partial charge in [0.2, 0.25) is 0 Å². The second-order valence-electron chi connectivity index (χ2n) is 6.78. The van der Waals surface area contributed by atoms with Gasteiger partial charge in [0.15, 0.2) is 9.84 Å². The number of nitrogens with one attached hydrogen (secondary N) is 1. The Labute approximate surface area is 197 Å². The van der Waals surface area contributed by atoms with E-state index in [2.05, 4.69) is 16.9 Å². The van der Waals surface area contributed by atoms with Gasteiger partial charge in [0.25, 0.3) is 5.91 Å². The largest absolute Gasteiger partial charge is 0.416 e. The molecule has 1 amide bonds. The van der Waals surface area contributed by atoms with E-state index in [1.807, 2.05) is 0 Å². The summed E-state index contributed by atoms with van der Waals surface area (Å²) >= 11 is 2.41. The molecule has 1 aromatic carbocycles. The normalized spacial score (nSPS) is 12.8. The number of hydrogen-bond acceptors (Lipinski definition) is 6. The van der Waals surface area contributed by atoms with Gasteiger partial charge in [-0.2, -0.15) is 13.2 Å². The summed E-state index contributed by atoms with van der Waals surface area (Å²) in [6.07, 6.45) is -1.93. The van der Waals surface area contributed by atoms with E-state index >= 15 is 0 Å². The van der Waals surface area contributed by atoms with Gasteiger partial charge in [-0.3, -0.25) is 4.79 Å². The van der Waals surface area contributed by atoms with E-state index in [0.29, 0.717) is 15.6 Å². The minimum absolute atomic E-state index is 0.00608. The SMILES string of the molecule is C=CC(c1cccc(C(F)(F)F)c1)S(=O)(=O)CCSc1ncccc1NC(=O)c1cccs1. The van der Waals surface area contributed by atoms with Gasteiger partial charge in [-0.15, -0.1) is 29.7 Å². The third-order valence-corrected chi connectivity index (χ3v) is 8.66. The van der Waals surface area contributed by atoms with Crippen LogP contribution in [0.5, 0.6) is 0 Å². The van der Waals surface area contributed by atoms with E-state index in [0.717, 1.165) is 30.0 Å². The van der Waals surface area contributed by atoms with Crippen molar-refractivity contribution in [2.75, 3.05) is 16.8 Å². The zero-order valence-electron chi connectivity index (χ0n) is 17.1. The standard InChI is InChI=1S/C22H19F3N2O3S3/c1-2-19(15-6-3-7-16(14-15)22(23,24)25)33(29,30)13-12-32-21-17(8-4-10-26-21)27-20(28)18-9-5-11-31-18/h2-11,14,19H,1,12-13H2,(H,27,28). The van der Waals surface area contributed by atoms with Gasteiger partial charge in [-0.1, -0.05) is 30.3 Å². The molecular formula is C22H19F3N2O3S3. The summed E-state index contributed by atoms with van der Waals surface area (Å²) in [6.45, 7) is 3.51. The topological polar surface area (TPSA) is 76.1 Å². The molecule has 0 bridgehead atoms. The highest BCUT2D eigenvalue weighted by atomic mass is 32.2. The number of nitrogens with zero attached hydrogens (tertiary/aromatic N) is 1. The monoisotopic (exact) mass is 512 g/mol. The number of anilines is 1. The minimum atomic E-state index is -4.58. The number of rotatable bonds is 9. The summed E-state index contributed by atoms with van der Waals surface area (Å²) < 4.78 is 64.8. The maximum Gasteiger partial charge on any atom is 0.416 e. The molecule has 0 aliphatic heterocycles. The number of halogens is 3. The minimum Gasteiger partial charge on any atom is -0.319 e. The first-order valence-electron chi connectivity index (χ1n) is 9.56. The van der Waals surface area contributed by atoms with Crippen molar-refractivity contribution in [1.29, 1.82) is 0 Å². The van der Waals surface area contributed by atoms with Crippen LogP contribution in [0.2, 0.25) is 0 Å². The van der Waals surface area contributed by atoms with Crippen molar-refractivity contribution in [3.63, 3.8) is 0 Å². The average Bonchev–Trinajstić information content (AvgIpc) is 3.30. The Bertz CT molecular complexity index is 1230. The second kappa shape index (κ2) is 10.5. The first-order chi connectivity index (χ1) is 15.6. The zero-order chi connectivity index (χ0) is 24.1. The lowest BCUT2D eigenvalue weighted by molar-refractivity contribution is -0.137. The van der Waals surface area contributed by atoms with Crippen LogP contribution in [0.4, 0.5) is 18.9 Å². The van der Waals surface area contributed by atoms with E-state index in [1.54, 1.807) is 29.6 Å². The molecule has 1 N–H and O–H groups in total. The molecule has 2 heterocycles. The molecule has 33 heavy (non-hydrogen) atoms. The van der Waals surface area contributed by atoms with Crippen molar-refractivity contribution in [2.45, 2.75) is 16.5 Å². The third kappa shape index (κ3) is 6.46. The van der Waals surface area contributed by atoms with Crippen LogP contribution in [0.3, 0.4) is 0 Å². The molecule has 0 saturated heterocycles. The molecule has 1 unspecified atom stereocenters. The van der Waals surface area contributed by atoms with Crippen LogP contribution >= 0.6 is 23.1 Å². The van der Waals surface area contributed by atoms with Crippen molar-refractivity contribution in [1.82, 2.24) is 4.98 Å². The van der Waals surface area contributed by atoms with E-state index in [1.165, 1.54) is 29.7 Å². The number of amides is 1. The molecule has 2 aromatic heterocycles. The molecule has 1 atom stereocenters. The molecule has 0 aliphatic rings. The summed E-state index contributed by atoms with van der Waals surface area (Å²) in [5, 5.41) is 3.69. The molecule has 0 saturated carbocycles. The fraction of sp³-hybridized carbons (Fsp3) is 0.182. The summed E-state index contributed by atoms with van der Waals surface area (Å²) in [4.78, 5) is 17.0. The lowest BCUT2D eigenvalue weighted by atomic mass is 10.1. The van der Waals surface area contributed by atoms with Crippen molar-refractivity contribution in [3.8, 4) is 0 Å². The third-order valence-electron chi connectivity index (χ3n) is 4.51. The van der Waals surface area contributed by atoms with Crippen LogP contribution in [0.15, 0.2) is 77.8 Å². The maximum atomic E-state index is 13.0. The summed E-state index contributed by atoms with van der Waals surface area (Å²) in [5.74, 6) is -0.534. The zero-order valence-corrected chi connectivity index (χ0v) is 19.5. The van der Waals surface area contributed by atoms with Crippen LogP contribution in [0, 0.1) is 0 Å². The molecular weight excluding hydrogens is 493 g/mol. The highest BCUT2D eigenvalue weighted by molar-refractivity contribution is 8.00. The molecule has 5 nitrogen and oxygen atoms in total. The fourth-order valence-corrected chi connectivity index (χ4v) is 6.55. The first-order valence-corrected chi connectivity index (χ1v) is 13.1. The molecule has 3 rings (SSSR count). The molecule has 0 spiro atoms. The Balaban J connectivity index is 1.70. The molecule has 11 heteroatoms. The molecule has 0 aliphatic carbocycles. The highest BCUT2D eigenvalue weighted by Gasteiger charge is 2.32. The van der Waals surface area contributed by atoms with E-state index in [4.69, 9.17) is 0 Å². The quantitative estimate of drug-likeness (QED) is 0.288. The van der Waals surface area contributed by atoms with Crippen LogP contribution in [0.25, 0.3) is 0 Å². The number of thiophene rings is 1. The maximum absolute atomic E-state index is 13.0. The lowest BCUT2D eigenvalue weighted by Crippen LogP contribution is -2.18. The number of hydrogen-bond donors (Lipinski definition) is 1. The number of sulfone groups is 1. The van der Waals surface area contributed by atoms with Crippen LogP contribution in [-0.4, -0.2) is 30.8 Å². The van der Waals surface area contributed by atoms with Gasteiger partial charge in [0.1, 0.15) is 10.3 Å². The van der Waals surface area contributed by atoms with Crippen molar-refractivity contribution in [2.24, 2.45) is 0 Å². The smallest absolute Gasteiger partial charge is 0.319 e. The Morgan fingerprint density at radius 2 is 2.00 bits per heavy atom. The molecule has 0 radical (unpaired) electrons. The molecule has 3 aromatic rings. The van der Waals surface area contributed by atoms with Gasteiger partial charge in [0, 0.05) is 11.9 Å². The molecule has 174 valence electrons. The predicted molar refractivity (Wildman–Crippen MR) is 125 cm³/mol. The van der Waals surface area contributed by atoms with Crippen molar-refractivity contribution in [3.05, 3.63) is 88.8 Å². The van der Waals surface area contributed by atoms with Gasteiger partial charge in [-0.05, 0) is 35.2 Å².